The molecule has 5 nitrogen and oxygen atoms in total. The van der Waals surface area contributed by atoms with Gasteiger partial charge in [-0.25, -0.2) is 8.42 Å². The molecule has 1 fully saturated rings. The highest BCUT2D eigenvalue weighted by molar-refractivity contribution is 8.02. The number of fused-ring (bicyclic) bond motifs is 1. The molecule has 7 heteroatoms. The molecule has 1 aliphatic rings. The standard InChI is InChI=1S/C18H23NO4S2/c1-3-16-15(14-6-4-5-7-17(14)23-16)10-19(2)18(20)11-24-13-8-9-25(21,22)12-13/h4-7,13H,3,8-12H2,1-2H3. The maximum Gasteiger partial charge on any atom is 0.232 e. The van der Waals surface area contributed by atoms with Crippen molar-refractivity contribution in [2.24, 2.45) is 0 Å². The molecule has 0 saturated carbocycles. The molecule has 1 aromatic carbocycles. The molecule has 1 amide bonds. The van der Waals surface area contributed by atoms with E-state index in [-0.39, 0.29) is 22.7 Å². The molecule has 1 aromatic heterocycles. The van der Waals surface area contributed by atoms with E-state index in [1.807, 2.05) is 31.2 Å². The fourth-order valence-electron chi connectivity index (χ4n) is 3.13. The Morgan fingerprint density at radius 3 is 2.80 bits per heavy atom. The second kappa shape index (κ2) is 7.41. The molecule has 25 heavy (non-hydrogen) atoms. The zero-order chi connectivity index (χ0) is 18.0. The average molecular weight is 382 g/mol. The predicted octanol–water partition coefficient (Wildman–Crippen LogP) is 2.87. The zero-order valence-electron chi connectivity index (χ0n) is 14.5. The Morgan fingerprint density at radius 2 is 2.12 bits per heavy atom. The van der Waals surface area contributed by atoms with Crippen molar-refractivity contribution in [2.75, 3.05) is 24.3 Å². The maximum absolute atomic E-state index is 12.4. The molecule has 0 radical (unpaired) electrons. The van der Waals surface area contributed by atoms with Gasteiger partial charge in [-0.2, -0.15) is 0 Å². The van der Waals surface area contributed by atoms with E-state index in [9.17, 15) is 13.2 Å². The van der Waals surface area contributed by atoms with E-state index in [4.69, 9.17) is 4.42 Å². The topological polar surface area (TPSA) is 67.6 Å². The highest BCUT2D eigenvalue weighted by Gasteiger charge is 2.29. The summed E-state index contributed by atoms with van der Waals surface area (Å²) in [5.41, 5.74) is 1.91. The number of rotatable bonds is 6. The minimum Gasteiger partial charge on any atom is -0.461 e. The number of nitrogens with zero attached hydrogens (tertiary/aromatic N) is 1. The molecular weight excluding hydrogens is 358 g/mol. The Balaban J connectivity index is 1.64. The van der Waals surface area contributed by atoms with Crippen LogP contribution in [0.25, 0.3) is 11.0 Å². The smallest absolute Gasteiger partial charge is 0.232 e. The van der Waals surface area contributed by atoms with E-state index >= 15 is 0 Å². The molecule has 2 heterocycles. The number of furan rings is 1. The van der Waals surface area contributed by atoms with E-state index in [1.165, 1.54) is 11.8 Å². The van der Waals surface area contributed by atoms with Gasteiger partial charge in [-0.3, -0.25) is 4.79 Å². The summed E-state index contributed by atoms with van der Waals surface area (Å²) in [5.74, 6) is 1.68. The molecule has 2 aromatic rings. The molecule has 1 aliphatic heterocycles. The summed E-state index contributed by atoms with van der Waals surface area (Å²) >= 11 is 1.46. The van der Waals surface area contributed by atoms with Crippen LogP contribution in [0.3, 0.4) is 0 Å². The minimum absolute atomic E-state index is 0.0154. The van der Waals surface area contributed by atoms with Crippen molar-refractivity contribution in [1.82, 2.24) is 4.90 Å². The van der Waals surface area contributed by atoms with Crippen molar-refractivity contribution in [1.29, 1.82) is 0 Å². The number of para-hydroxylation sites is 1. The summed E-state index contributed by atoms with van der Waals surface area (Å²) in [5, 5.41) is 1.09. The van der Waals surface area contributed by atoms with Gasteiger partial charge in [-0.05, 0) is 12.5 Å². The van der Waals surface area contributed by atoms with Crippen molar-refractivity contribution >= 4 is 38.5 Å². The fourth-order valence-corrected chi connectivity index (χ4v) is 6.71. The van der Waals surface area contributed by atoms with Crippen LogP contribution in [0.2, 0.25) is 0 Å². The predicted molar refractivity (Wildman–Crippen MR) is 102 cm³/mol. The van der Waals surface area contributed by atoms with E-state index in [0.717, 1.165) is 28.7 Å². The third-order valence-electron chi connectivity index (χ3n) is 4.56. The van der Waals surface area contributed by atoms with Gasteiger partial charge in [0, 0.05) is 36.2 Å². The SMILES string of the molecule is CCc1oc2ccccc2c1CN(C)C(=O)CSC1CCS(=O)(=O)C1. The maximum atomic E-state index is 12.4. The van der Waals surface area contributed by atoms with E-state index in [2.05, 4.69) is 0 Å². The summed E-state index contributed by atoms with van der Waals surface area (Å²) in [7, 11) is -1.11. The molecule has 1 saturated heterocycles. The Labute approximate surface area is 152 Å². The van der Waals surface area contributed by atoms with E-state index in [1.54, 1.807) is 11.9 Å². The Morgan fingerprint density at radius 1 is 1.36 bits per heavy atom. The quantitative estimate of drug-likeness (QED) is 0.770. The Hall–Kier alpha value is -1.47. The largest absolute Gasteiger partial charge is 0.461 e. The second-order valence-corrected chi connectivity index (χ2v) is 9.96. The fraction of sp³-hybridized carbons (Fsp3) is 0.500. The number of carbonyl (C=O) groups excluding carboxylic acids is 1. The highest BCUT2D eigenvalue weighted by atomic mass is 32.2. The van der Waals surface area contributed by atoms with Crippen LogP contribution < -0.4 is 0 Å². The average Bonchev–Trinajstić information content (AvgIpc) is 3.12. The molecule has 1 unspecified atom stereocenters. The van der Waals surface area contributed by atoms with Crippen LogP contribution in [0, 0.1) is 0 Å². The minimum atomic E-state index is -2.90. The third-order valence-corrected chi connectivity index (χ3v) is 7.82. The van der Waals surface area contributed by atoms with Crippen LogP contribution in [0.15, 0.2) is 28.7 Å². The van der Waals surface area contributed by atoms with Crippen LogP contribution in [-0.2, 0) is 27.6 Å². The van der Waals surface area contributed by atoms with Gasteiger partial charge in [0.2, 0.25) is 5.91 Å². The normalized spacial score (nSPS) is 19.4. The van der Waals surface area contributed by atoms with Gasteiger partial charge in [0.25, 0.3) is 0 Å². The number of hydrogen-bond donors (Lipinski definition) is 0. The Bertz CT molecular complexity index is 872. The lowest BCUT2D eigenvalue weighted by molar-refractivity contribution is -0.127. The summed E-state index contributed by atoms with van der Waals surface area (Å²) in [6.07, 6.45) is 1.43. The second-order valence-electron chi connectivity index (χ2n) is 6.44. The molecule has 0 N–H and O–H groups in total. The molecular formula is C18H23NO4S2. The van der Waals surface area contributed by atoms with Crippen molar-refractivity contribution in [3.63, 3.8) is 0 Å². The lowest BCUT2D eigenvalue weighted by atomic mass is 10.1. The molecule has 0 spiro atoms. The van der Waals surface area contributed by atoms with E-state index in [0.29, 0.717) is 18.7 Å². The summed E-state index contributed by atoms with van der Waals surface area (Å²) in [6, 6.07) is 7.87. The van der Waals surface area contributed by atoms with Crippen molar-refractivity contribution in [3.8, 4) is 0 Å². The first-order valence-corrected chi connectivity index (χ1v) is 11.3. The van der Waals surface area contributed by atoms with Gasteiger partial charge in [0.15, 0.2) is 9.84 Å². The lowest BCUT2D eigenvalue weighted by Crippen LogP contribution is -2.29. The number of hydrogen-bond acceptors (Lipinski definition) is 5. The van der Waals surface area contributed by atoms with Crippen molar-refractivity contribution < 1.29 is 17.6 Å². The van der Waals surface area contributed by atoms with Crippen LogP contribution in [0.4, 0.5) is 0 Å². The van der Waals surface area contributed by atoms with Gasteiger partial charge < -0.3 is 9.32 Å². The molecule has 136 valence electrons. The van der Waals surface area contributed by atoms with Gasteiger partial charge in [-0.15, -0.1) is 11.8 Å². The summed E-state index contributed by atoms with van der Waals surface area (Å²) < 4.78 is 28.9. The zero-order valence-corrected chi connectivity index (χ0v) is 16.2. The number of aryl methyl sites for hydroxylation is 1. The lowest BCUT2D eigenvalue weighted by Gasteiger charge is -2.18. The number of benzene rings is 1. The first-order valence-electron chi connectivity index (χ1n) is 8.45. The summed E-state index contributed by atoms with van der Waals surface area (Å²) in [4.78, 5) is 14.1. The number of thioether (sulfide) groups is 1. The van der Waals surface area contributed by atoms with Gasteiger partial charge in [0.05, 0.1) is 17.3 Å². The third kappa shape index (κ3) is 4.20. The molecule has 1 atom stereocenters. The Kier molecular flexibility index (Phi) is 5.43. The first-order chi connectivity index (χ1) is 11.9. The van der Waals surface area contributed by atoms with Crippen LogP contribution in [0.1, 0.15) is 24.7 Å². The number of sulfone groups is 1. The first kappa shape index (κ1) is 18.3. The van der Waals surface area contributed by atoms with Crippen LogP contribution >= 0.6 is 11.8 Å². The monoisotopic (exact) mass is 381 g/mol. The number of carbonyl (C=O) groups is 1. The highest BCUT2D eigenvalue weighted by Crippen LogP contribution is 2.28. The van der Waals surface area contributed by atoms with Crippen LogP contribution in [-0.4, -0.2) is 48.8 Å². The molecule has 0 bridgehead atoms. The van der Waals surface area contributed by atoms with Gasteiger partial charge in [-0.1, -0.05) is 25.1 Å². The molecule has 3 rings (SSSR count). The van der Waals surface area contributed by atoms with Crippen molar-refractivity contribution in [3.05, 3.63) is 35.6 Å². The van der Waals surface area contributed by atoms with Crippen LogP contribution in [0.5, 0.6) is 0 Å². The summed E-state index contributed by atoms with van der Waals surface area (Å²) in [6.45, 7) is 2.54. The van der Waals surface area contributed by atoms with Gasteiger partial charge >= 0.3 is 0 Å². The molecule has 0 aliphatic carbocycles. The van der Waals surface area contributed by atoms with E-state index < -0.39 is 9.84 Å². The van der Waals surface area contributed by atoms with Gasteiger partial charge in [0.1, 0.15) is 11.3 Å². The number of amides is 1. The van der Waals surface area contributed by atoms with Crippen molar-refractivity contribution in [2.45, 2.75) is 31.6 Å².